The molecule has 0 atom stereocenters. The minimum Gasteiger partial charge on any atom is -0.489 e. The second-order valence-electron chi connectivity index (χ2n) is 6.70. The Morgan fingerprint density at radius 1 is 1.07 bits per heavy atom. The Kier molecular flexibility index (Phi) is 5.53. The molecule has 0 spiro atoms. The van der Waals surface area contributed by atoms with E-state index in [0.717, 1.165) is 38.1 Å². The highest BCUT2D eigenvalue weighted by molar-refractivity contribution is 7.13. The van der Waals surface area contributed by atoms with Crippen LogP contribution in [0.4, 0.5) is 13.2 Å². The van der Waals surface area contributed by atoms with E-state index in [-0.39, 0.29) is 29.4 Å². The molecule has 2 aromatic carbocycles. The van der Waals surface area contributed by atoms with Crippen molar-refractivity contribution in [3.05, 3.63) is 70.5 Å². The smallest absolute Gasteiger partial charge is 0.273 e. The number of amides is 1. The molecule has 1 aromatic heterocycles. The van der Waals surface area contributed by atoms with Crippen LogP contribution in [0.3, 0.4) is 0 Å². The van der Waals surface area contributed by atoms with Crippen LogP contribution in [0.1, 0.15) is 28.9 Å². The number of nitrogens with zero attached hydrogens (tertiary/aromatic N) is 2. The second-order valence-corrected chi connectivity index (χ2v) is 7.56. The molecule has 4 nitrogen and oxygen atoms in total. The summed E-state index contributed by atoms with van der Waals surface area (Å²) in [5.41, 5.74) is 0.745. The number of carbonyl (C=O) groups is 1. The maximum Gasteiger partial charge on any atom is 0.273 e. The van der Waals surface area contributed by atoms with E-state index in [1.807, 2.05) is 0 Å². The van der Waals surface area contributed by atoms with Gasteiger partial charge in [0, 0.05) is 41.7 Å². The third-order valence-corrected chi connectivity index (χ3v) is 5.57. The van der Waals surface area contributed by atoms with E-state index in [0.29, 0.717) is 10.7 Å². The van der Waals surface area contributed by atoms with Gasteiger partial charge in [0.2, 0.25) is 0 Å². The summed E-state index contributed by atoms with van der Waals surface area (Å²) in [5, 5.41) is 2.04. The first-order valence-corrected chi connectivity index (χ1v) is 10.0. The molecule has 0 radical (unpaired) electrons. The van der Waals surface area contributed by atoms with Crippen LogP contribution in [-0.2, 0) is 6.61 Å². The summed E-state index contributed by atoms with van der Waals surface area (Å²) in [6, 6.07) is 7.42. The van der Waals surface area contributed by atoms with Gasteiger partial charge in [0.25, 0.3) is 5.91 Å². The number of rotatable bonds is 5. The standard InChI is InChI=1S/C21H17F3N2O2S/c22-14-4-3-13(17(23)9-14)11-28-15-5-6-16(18(24)10-15)20-25-19(12-29-20)21(27)26-7-1-2-8-26/h3-6,9-10,12H,1-2,7-8,11H2. The van der Waals surface area contributed by atoms with E-state index in [2.05, 4.69) is 4.98 Å². The fourth-order valence-corrected chi connectivity index (χ4v) is 3.96. The fraction of sp³-hybridized carbons (Fsp3) is 0.238. The third kappa shape index (κ3) is 4.27. The van der Waals surface area contributed by atoms with Crippen molar-refractivity contribution in [1.82, 2.24) is 9.88 Å². The van der Waals surface area contributed by atoms with Gasteiger partial charge in [-0.25, -0.2) is 18.2 Å². The maximum absolute atomic E-state index is 14.6. The normalized spacial score (nSPS) is 13.7. The van der Waals surface area contributed by atoms with Gasteiger partial charge in [-0.1, -0.05) is 0 Å². The number of halogens is 3. The zero-order valence-electron chi connectivity index (χ0n) is 15.3. The van der Waals surface area contributed by atoms with Gasteiger partial charge in [-0.05, 0) is 37.1 Å². The van der Waals surface area contributed by atoms with Crippen LogP contribution in [0.2, 0.25) is 0 Å². The molecule has 0 N–H and O–H groups in total. The average molecular weight is 418 g/mol. The van der Waals surface area contributed by atoms with Crippen molar-refractivity contribution in [1.29, 1.82) is 0 Å². The van der Waals surface area contributed by atoms with E-state index in [4.69, 9.17) is 4.74 Å². The monoisotopic (exact) mass is 418 g/mol. The number of ether oxygens (including phenoxy) is 1. The van der Waals surface area contributed by atoms with E-state index >= 15 is 0 Å². The van der Waals surface area contributed by atoms with Gasteiger partial charge in [-0.15, -0.1) is 11.3 Å². The minimum absolute atomic E-state index is 0.133. The molecule has 1 fully saturated rings. The van der Waals surface area contributed by atoms with Gasteiger partial charge >= 0.3 is 0 Å². The van der Waals surface area contributed by atoms with Gasteiger partial charge in [-0.3, -0.25) is 4.79 Å². The molecule has 1 saturated heterocycles. The molecule has 0 saturated carbocycles. The summed E-state index contributed by atoms with van der Waals surface area (Å²) in [6.07, 6.45) is 1.97. The number of benzene rings is 2. The zero-order chi connectivity index (χ0) is 20.4. The summed E-state index contributed by atoms with van der Waals surface area (Å²) in [4.78, 5) is 18.4. The molecule has 1 amide bonds. The summed E-state index contributed by atoms with van der Waals surface area (Å²) < 4.78 is 46.6. The van der Waals surface area contributed by atoms with Crippen LogP contribution in [0, 0.1) is 17.5 Å². The molecule has 0 unspecified atom stereocenters. The Morgan fingerprint density at radius 3 is 2.59 bits per heavy atom. The molecule has 8 heteroatoms. The lowest BCUT2D eigenvalue weighted by atomic mass is 10.2. The second kappa shape index (κ2) is 8.24. The fourth-order valence-electron chi connectivity index (χ4n) is 3.14. The van der Waals surface area contributed by atoms with Crippen molar-refractivity contribution >= 4 is 17.2 Å². The van der Waals surface area contributed by atoms with Crippen LogP contribution in [0.15, 0.2) is 41.8 Å². The number of hydrogen-bond acceptors (Lipinski definition) is 4. The molecular formula is C21H17F3N2O2S. The van der Waals surface area contributed by atoms with Crippen LogP contribution < -0.4 is 4.74 Å². The van der Waals surface area contributed by atoms with Crippen LogP contribution in [0.5, 0.6) is 5.75 Å². The summed E-state index contributed by atoms with van der Waals surface area (Å²) in [7, 11) is 0. The predicted molar refractivity (Wildman–Crippen MR) is 103 cm³/mol. The van der Waals surface area contributed by atoms with Gasteiger partial charge in [0.05, 0.1) is 0 Å². The minimum atomic E-state index is -0.722. The molecule has 1 aliphatic heterocycles. The lowest BCUT2D eigenvalue weighted by Crippen LogP contribution is -2.27. The van der Waals surface area contributed by atoms with Gasteiger partial charge in [0.15, 0.2) is 0 Å². The molecule has 4 rings (SSSR count). The van der Waals surface area contributed by atoms with Crippen molar-refractivity contribution in [2.24, 2.45) is 0 Å². The van der Waals surface area contributed by atoms with Crippen molar-refractivity contribution in [2.75, 3.05) is 13.1 Å². The highest BCUT2D eigenvalue weighted by Gasteiger charge is 2.22. The number of hydrogen-bond donors (Lipinski definition) is 0. The first-order chi connectivity index (χ1) is 14.0. The highest BCUT2D eigenvalue weighted by Crippen LogP contribution is 2.30. The van der Waals surface area contributed by atoms with E-state index in [9.17, 15) is 18.0 Å². The Bertz CT molecular complexity index is 1050. The predicted octanol–water partition coefficient (Wildman–Crippen LogP) is 5.04. The van der Waals surface area contributed by atoms with Crippen LogP contribution in [-0.4, -0.2) is 28.9 Å². The lowest BCUT2D eigenvalue weighted by molar-refractivity contribution is 0.0788. The lowest BCUT2D eigenvalue weighted by Gasteiger charge is -2.12. The first kappa shape index (κ1) is 19.4. The van der Waals surface area contributed by atoms with Crippen molar-refractivity contribution < 1.29 is 22.7 Å². The zero-order valence-corrected chi connectivity index (χ0v) is 16.1. The molecule has 0 bridgehead atoms. The molecular weight excluding hydrogens is 401 g/mol. The summed E-state index contributed by atoms with van der Waals surface area (Å²) in [5.74, 6) is -1.88. The van der Waals surface area contributed by atoms with Crippen LogP contribution >= 0.6 is 11.3 Å². The molecule has 150 valence electrons. The maximum atomic E-state index is 14.6. The Balaban J connectivity index is 1.46. The SMILES string of the molecule is O=C(c1csc(-c2ccc(OCc3ccc(F)cc3F)cc2F)n1)N1CCCC1. The van der Waals surface area contributed by atoms with Gasteiger partial charge < -0.3 is 9.64 Å². The Morgan fingerprint density at radius 2 is 1.86 bits per heavy atom. The van der Waals surface area contributed by atoms with Crippen molar-refractivity contribution in [3.8, 4) is 16.3 Å². The molecule has 1 aliphatic rings. The summed E-state index contributed by atoms with van der Waals surface area (Å²) >= 11 is 1.20. The van der Waals surface area contributed by atoms with E-state index in [1.165, 1.54) is 29.5 Å². The first-order valence-electron chi connectivity index (χ1n) is 9.13. The quantitative estimate of drug-likeness (QED) is 0.583. The van der Waals surface area contributed by atoms with Gasteiger partial charge in [-0.2, -0.15) is 0 Å². The Hall–Kier alpha value is -2.87. The topological polar surface area (TPSA) is 42.4 Å². The highest BCUT2D eigenvalue weighted by atomic mass is 32.1. The Labute approximate surface area is 169 Å². The van der Waals surface area contributed by atoms with E-state index < -0.39 is 17.5 Å². The number of likely N-dealkylation sites (tertiary alicyclic amines) is 1. The van der Waals surface area contributed by atoms with E-state index in [1.54, 1.807) is 16.3 Å². The third-order valence-electron chi connectivity index (χ3n) is 4.70. The van der Waals surface area contributed by atoms with Crippen molar-refractivity contribution in [2.45, 2.75) is 19.4 Å². The van der Waals surface area contributed by atoms with Gasteiger partial charge in [0.1, 0.15) is 40.5 Å². The number of aromatic nitrogens is 1. The largest absolute Gasteiger partial charge is 0.489 e. The number of carbonyl (C=O) groups excluding carboxylic acids is 1. The van der Waals surface area contributed by atoms with Crippen LogP contribution in [0.25, 0.3) is 10.6 Å². The molecule has 29 heavy (non-hydrogen) atoms. The molecule has 2 heterocycles. The van der Waals surface area contributed by atoms with Crippen molar-refractivity contribution in [3.63, 3.8) is 0 Å². The summed E-state index contributed by atoms with van der Waals surface area (Å²) in [6.45, 7) is 1.29. The molecule has 3 aromatic rings. The molecule has 0 aliphatic carbocycles. The number of thiazole rings is 1. The average Bonchev–Trinajstić information content (AvgIpc) is 3.39.